The summed E-state index contributed by atoms with van der Waals surface area (Å²) in [6.45, 7) is 1.10. The average Bonchev–Trinajstić information content (AvgIpc) is 3.05. The Morgan fingerprint density at radius 1 is 1.29 bits per heavy atom. The van der Waals surface area contributed by atoms with Crippen LogP contribution in [0.5, 0.6) is 0 Å². The van der Waals surface area contributed by atoms with Crippen molar-refractivity contribution in [2.24, 2.45) is 0 Å². The van der Waals surface area contributed by atoms with Gasteiger partial charge in [-0.1, -0.05) is 0 Å². The third kappa shape index (κ3) is 3.17. The van der Waals surface area contributed by atoms with Gasteiger partial charge in [-0.25, -0.2) is 17.9 Å². The lowest BCUT2D eigenvalue weighted by Crippen LogP contribution is -2.27. The lowest BCUT2D eigenvalue weighted by atomic mass is 10.2. The number of hydrogen-bond acceptors (Lipinski definition) is 4. The van der Waals surface area contributed by atoms with Crippen LogP contribution in [0.4, 0.5) is 0 Å². The first kappa shape index (κ1) is 14.3. The molecule has 1 saturated heterocycles. The van der Waals surface area contributed by atoms with E-state index in [0.29, 0.717) is 24.0 Å². The second-order valence-electron chi connectivity index (χ2n) is 5.11. The molecule has 0 aliphatic carbocycles. The number of H-pyrrole nitrogens is 2. The van der Waals surface area contributed by atoms with Crippen molar-refractivity contribution in [2.75, 3.05) is 13.2 Å². The van der Waals surface area contributed by atoms with Gasteiger partial charge in [0, 0.05) is 13.2 Å². The number of fused-ring (bicyclic) bond motifs is 1. The maximum atomic E-state index is 12.2. The van der Waals surface area contributed by atoms with E-state index in [0.717, 1.165) is 19.4 Å². The highest BCUT2D eigenvalue weighted by Gasteiger charge is 2.18. The molecule has 2 aromatic rings. The molecule has 1 atom stereocenters. The number of benzene rings is 1. The topological polar surface area (TPSA) is 104 Å². The zero-order valence-corrected chi connectivity index (χ0v) is 12.2. The van der Waals surface area contributed by atoms with Crippen LogP contribution in [-0.4, -0.2) is 37.6 Å². The molecular formula is C13H17N3O4S. The van der Waals surface area contributed by atoms with Crippen molar-refractivity contribution in [3.63, 3.8) is 0 Å². The molecule has 0 saturated carbocycles. The van der Waals surface area contributed by atoms with Crippen LogP contribution in [0, 0.1) is 0 Å². The second kappa shape index (κ2) is 5.63. The molecule has 7 nitrogen and oxygen atoms in total. The summed E-state index contributed by atoms with van der Waals surface area (Å²) < 4.78 is 32.4. The highest BCUT2D eigenvalue weighted by atomic mass is 32.2. The van der Waals surface area contributed by atoms with Crippen molar-refractivity contribution in [2.45, 2.75) is 30.3 Å². The Morgan fingerprint density at radius 2 is 2.10 bits per heavy atom. The van der Waals surface area contributed by atoms with Crippen LogP contribution in [0.2, 0.25) is 0 Å². The molecule has 21 heavy (non-hydrogen) atoms. The normalized spacial score (nSPS) is 19.3. The Balaban J connectivity index is 1.71. The molecule has 0 radical (unpaired) electrons. The zero-order chi connectivity index (χ0) is 14.9. The largest absolute Gasteiger partial charge is 0.378 e. The number of ether oxygens (including phenoxy) is 1. The molecule has 0 bridgehead atoms. The molecule has 0 spiro atoms. The Bertz CT molecular complexity index is 787. The summed E-state index contributed by atoms with van der Waals surface area (Å²) in [4.78, 5) is 16.4. The van der Waals surface area contributed by atoms with Gasteiger partial charge in [-0.15, -0.1) is 0 Å². The standard InChI is InChI=1S/C13H17N3O4S/c17-13-15-11-4-3-10(8-12(11)16-13)21(18,19)14-6-5-9-2-1-7-20-9/h3-4,8-9,14H,1-2,5-7H2,(H2,15,16,17). The minimum absolute atomic E-state index is 0.137. The van der Waals surface area contributed by atoms with Gasteiger partial charge >= 0.3 is 5.69 Å². The molecule has 1 aliphatic rings. The first-order valence-corrected chi connectivity index (χ1v) is 8.36. The molecule has 0 amide bonds. The smallest absolute Gasteiger partial charge is 0.323 e. The number of hydrogen-bond donors (Lipinski definition) is 3. The van der Waals surface area contributed by atoms with Gasteiger partial charge in [-0.05, 0) is 37.5 Å². The molecule has 8 heteroatoms. The zero-order valence-electron chi connectivity index (χ0n) is 11.4. The van der Waals surface area contributed by atoms with Gasteiger partial charge < -0.3 is 14.7 Å². The fourth-order valence-corrected chi connectivity index (χ4v) is 3.56. The number of aromatic nitrogens is 2. The summed E-state index contributed by atoms with van der Waals surface area (Å²) in [5.74, 6) is 0. The van der Waals surface area contributed by atoms with Crippen molar-refractivity contribution in [1.82, 2.24) is 14.7 Å². The first-order valence-electron chi connectivity index (χ1n) is 6.88. The fourth-order valence-electron chi connectivity index (χ4n) is 2.49. The van der Waals surface area contributed by atoms with Crippen molar-refractivity contribution in [3.8, 4) is 0 Å². The van der Waals surface area contributed by atoms with E-state index in [4.69, 9.17) is 4.74 Å². The van der Waals surface area contributed by atoms with Crippen LogP contribution in [-0.2, 0) is 14.8 Å². The Labute approximate surface area is 121 Å². The number of sulfonamides is 1. The van der Waals surface area contributed by atoms with Gasteiger partial charge in [0.05, 0.1) is 22.0 Å². The van der Waals surface area contributed by atoms with Gasteiger partial charge in [-0.2, -0.15) is 0 Å². The second-order valence-corrected chi connectivity index (χ2v) is 6.87. The van der Waals surface area contributed by atoms with Crippen LogP contribution < -0.4 is 10.4 Å². The minimum atomic E-state index is -3.58. The third-order valence-corrected chi connectivity index (χ3v) is 5.04. The number of imidazole rings is 1. The molecule has 3 rings (SSSR count). The van der Waals surface area contributed by atoms with E-state index >= 15 is 0 Å². The average molecular weight is 311 g/mol. The Hall–Kier alpha value is -1.64. The van der Waals surface area contributed by atoms with Crippen LogP contribution >= 0.6 is 0 Å². The minimum Gasteiger partial charge on any atom is -0.378 e. The molecule has 2 heterocycles. The van der Waals surface area contributed by atoms with Gasteiger partial charge in [0.15, 0.2) is 0 Å². The van der Waals surface area contributed by atoms with E-state index in [1.54, 1.807) is 6.07 Å². The SMILES string of the molecule is O=c1[nH]c2ccc(S(=O)(=O)NCCC3CCCO3)cc2[nH]1. The van der Waals surface area contributed by atoms with E-state index in [1.165, 1.54) is 12.1 Å². The molecule has 114 valence electrons. The molecule has 1 aliphatic heterocycles. The molecule has 1 fully saturated rings. The van der Waals surface area contributed by atoms with E-state index in [-0.39, 0.29) is 16.7 Å². The predicted molar refractivity (Wildman–Crippen MR) is 77.7 cm³/mol. The molecule has 1 aromatic heterocycles. The van der Waals surface area contributed by atoms with E-state index in [9.17, 15) is 13.2 Å². The van der Waals surface area contributed by atoms with Crippen molar-refractivity contribution >= 4 is 21.1 Å². The van der Waals surface area contributed by atoms with Crippen LogP contribution in [0.15, 0.2) is 27.9 Å². The Morgan fingerprint density at radius 3 is 2.86 bits per heavy atom. The van der Waals surface area contributed by atoms with Gasteiger partial charge in [0.1, 0.15) is 0 Å². The lowest BCUT2D eigenvalue weighted by molar-refractivity contribution is 0.105. The fraction of sp³-hybridized carbons (Fsp3) is 0.462. The van der Waals surface area contributed by atoms with Crippen LogP contribution in [0.1, 0.15) is 19.3 Å². The van der Waals surface area contributed by atoms with E-state index < -0.39 is 10.0 Å². The highest BCUT2D eigenvalue weighted by Crippen LogP contribution is 2.17. The van der Waals surface area contributed by atoms with Gasteiger partial charge in [0.2, 0.25) is 10.0 Å². The van der Waals surface area contributed by atoms with Gasteiger partial charge in [-0.3, -0.25) is 0 Å². The molecule has 1 unspecified atom stereocenters. The lowest BCUT2D eigenvalue weighted by Gasteiger charge is -2.10. The maximum absolute atomic E-state index is 12.2. The van der Waals surface area contributed by atoms with E-state index in [1.807, 2.05) is 0 Å². The molecule has 3 N–H and O–H groups in total. The maximum Gasteiger partial charge on any atom is 0.323 e. The Kier molecular flexibility index (Phi) is 3.83. The molecule has 1 aromatic carbocycles. The van der Waals surface area contributed by atoms with Crippen LogP contribution in [0.25, 0.3) is 11.0 Å². The summed E-state index contributed by atoms with van der Waals surface area (Å²) in [6, 6.07) is 4.49. The highest BCUT2D eigenvalue weighted by molar-refractivity contribution is 7.89. The van der Waals surface area contributed by atoms with E-state index in [2.05, 4.69) is 14.7 Å². The third-order valence-electron chi connectivity index (χ3n) is 3.58. The number of nitrogens with one attached hydrogen (secondary N) is 3. The summed E-state index contributed by atoms with van der Waals surface area (Å²) in [5.41, 5.74) is 0.700. The van der Waals surface area contributed by atoms with Crippen LogP contribution in [0.3, 0.4) is 0 Å². The van der Waals surface area contributed by atoms with Crippen molar-refractivity contribution in [3.05, 3.63) is 28.7 Å². The molecular weight excluding hydrogens is 294 g/mol. The van der Waals surface area contributed by atoms with Crippen molar-refractivity contribution < 1.29 is 13.2 Å². The monoisotopic (exact) mass is 311 g/mol. The summed E-state index contributed by atoms with van der Waals surface area (Å²) in [6.07, 6.45) is 2.84. The number of aromatic amines is 2. The quantitative estimate of drug-likeness (QED) is 0.756. The van der Waals surface area contributed by atoms with Gasteiger partial charge in [0.25, 0.3) is 0 Å². The predicted octanol–water partition coefficient (Wildman–Crippen LogP) is 0.704. The summed E-state index contributed by atoms with van der Waals surface area (Å²) in [7, 11) is -3.58. The summed E-state index contributed by atoms with van der Waals surface area (Å²) in [5, 5.41) is 0. The first-order chi connectivity index (χ1) is 10.0. The van der Waals surface area contributed by atoms with Crippen molar-refractivity contribution in [1.29, 1.82) is 0 Å². The number of rotatable bonds is 5. The summed E-state index contributed by atoms with van der Waals surface area (Å²) >= 11 is 0.